The van der Waals surface area contributed by atoms with Gasteiger partial charge in [-0.3, -0.25) is 0 Å². The van der Waals surface area contributed by atoms with E-state index in [1.807, 2.05) is 0 Å². The zero-order chi connectivity index (χ0) is 13.2. The van der Waals surface area contributed by atoms with Crippen molar-refractivity contribution in [3.8, 4) is 0 Å². The molecular formula is C11H12F3N3O. The molecule has 2 amide bonds. The first kappa shape index (κ1) is 12.7. The summed E-state index contributed by atoms with van der Waals surface area (Å²) in [5.74, 6) is 0. The zero-order valence-electron chi connectivity index (χ0n) is 9.42. The number of carbonyl (C=O) groups excluding carboxylic acids is 1. The van der Waals surface area contributed by atoms with E-state index in [1.165, 1.54) is 6.07 Å². The smallest absolute Gasteiger partial charge is 0.335 e. The number of alkyl halides is 3. The topological polar surface area (TPSA) is 54.0 Å². The van der Waals surface area contributed by atoms with E-state index in [2.05, 4.69) is 15.6 Å². The van der Waals surface area contributed by atoms with Crippen LogP contribution in [0.15, 0.2) is 18.3 Å². The van der Waals surface area contributed by atoms with Crippen molar-refractivity contribution in [1.29, 1.82) is 0 Å². The van der Waals surface area contributed by atoms with Crippen molar-refractivity contribution in [3.63, 3.8) is 0 Å². The average Bonchev–Trinajstić information content (AvgIpc) is 2.23. The SMILES string of the molecule is O=C(Nc1ccc(C(F)(F)F)nc1)NC1CCC1. The molecule has 2 rings (SSSR count). The highest BCUT2D eigenvalue weighted by atomic mass is 19.4. The van der Waals surface area contributed by atoms with Crippen LogP contribution in [-0.2, 0) is 6.18 Å². The Morgan fingerprint density at radius 1 is 1.33 bits per heavy atom. The molecule has 4 nitrogen and oxygen atoms in total. The maximum Gasteiger partial charge on any atom is 0.433 e. The van der Waals surface area contributed by atoms with Gasteiger partial charge >= 0.3 is 12.2 Å². The quantitative estimate of drug-likeness (QED) is 0.858. The predicted octanol–water partition coefficient (Wildman–Crippen LogP) is 2.77. The van der Waals surface area contributed by atoms with E-state index in [0.717, 1.165) is 31.5 Å². The lowest BCUT2D eigenvalue weighted by Crippen LogP contribution is -2.41. The number of hydrogen-bond donors (Lipinski definition) is 2. The summed E-state index contributed by atoms with van der Waals surface area (Å²) in [5, 5.41) is 5.15. The Hall–Kier alpha value is -1.79. The molecule has 98 valence electrons. The number of urea groups is 1. The first-order valence-corrected chi connectivity index (χ1v) is 5.56. The molecule has 1 fully saturated rings. The van der Waals surface area contributed by atoms with Crippen LogP contribution in [0.1, 0.15) is 25.0 Å². The van der Waals surface area contributed by atoms with Crippen LogP contribution in [0.25, 0.3) is 0 Å². The van der Waals surface area contributed by atoms with Crippen molar-refractivity contribution in [2.45, 2.75) is 31.5 Å². The maximum atomic E-state index is 12.2. The summed E-state index contributed by atoms with van der Waals surface area (Å²) in [4.78, 5) is 14.7. The van der Waals surface area contributed by atoms with Gasteiger partial charge < -0.3 is 10.6 Å². The maximum absolute atomic E-state index is 12.2. The Morgan fingerprint density at radius 3 is 2.50 bits per heavy atom. The Morgan fingerprint density at radius 2 is 2.06 bits per heavy atom. The van der Waals surface area contributed by atoms with Gasteiger partial charge in [-0.1, -0.05) is 0 Å². The van der Waals surface area contributed by atoms with E-state index in [0.29, 0.717) is 0 Å². The molecule has 0 radical (unpaired) electrons. The summed E-state index contributed by atoms with van der Waals surface area (Å²) < 4.78 is 36.7. The van der Waals surface area contributed by atoms with Crippen molar-refractivity contribution in [3.05, 3.63) is 24.0 Å². The summed E-state index contributed by atoms with van der Waals surface area (Å²) in [6.45, 7) is 0. The number of rotatable bonds is 2. The van der Waals surface area contributed by atoms with Gasteiger partial charge in [0.05, 0.1) is 11.9 Å². The number of halogens is 3. The molecule has 0 saturated heterocycles. The third kappa shape index (κ3) is 3.12. The standard InChI is InChI=1S/C11H12F3N3O/c12-11(13,14)9-5-4-8(6-15-9)17-10(18)16-7-2-1-3-7/h4-7H,1-3H2,(H2,16,17,18). The van der Waals surface area contributed by atoms with Gasteiger partial charge in [0.25, 0.3) is 0 Å². The third-order valence-corrected chi connectivity index (χ3v) is 2.75. The Balaban J connectivity index is 1.91. The molecule has 1 saturated carbocycles. The highest BCUT2D eigenvalue weighted by molar-refractivity contribution is 5.89. The first-order valence-electron chi connectivity index (χ1n) is 5.56. The monoisotopic (exact) mass is 259 g/mol. The van der Waals surface area contributed by atoms with Crippen molar-refractivity contribution in [1.82, 2.24) is 10.3 Å². The van der Waals surface area contributed by atoms with E-state index in [1.54, 1.807) is 0 Å². The lowest BCUT2D eigenvalue weighted by molar-refractivity contribution is -0.141. The van der Waals surface area contributed by atoms with Crippen LogP contribution in [0.4, 0.5) is 23.7 Å². The fourth-order valence-corrected chi connectivity index (χ4v) is 1.54. The van der Waals surface area contributed by atoms with Crippen LogP contribution in [0, 0.1) is 0 Å². The van der Waals surface area contributed by atoms with Crippen LogP contribution < -0.4 is 10.6 Å². The van der Waals surface area contributed by atoms with Gasteiger partial charge in [0.15, 0.2) is 0 Å². The van der Waals surface area contributed by atoms with Gasteiger partial charge in [-0.2, -0.15) is 13.2 Å². The predicted molar refractivity (Wildman–Crippen MR) is 59.0 cm³/mol. The second kappa shape index (κ2) is 4.83. The molecule has 0 bridgehead atoms. The summed E-state index contributed by atoms with van der Waals surface area (Å²) in [6.07, 6.45) is -0.500. The highest BCUT2D eigenvalue weighted by Gasteiger charge is 2.32. The summed E-state index contributed by atoms with van der Waals surface area (Å²) >= 11 is 0. The normalized spacial score (nSPS) is 15.9. The van der Waals surface area contributed by atoms with E-state index in [9.17, 15) is 18.0 Å². The number of anilines is 1. The molecule has 1 aromatic heterocycles. The van der Waals surface area contributed by atoms with Gasteiger partial charge in [-0.15, -0.1) is 0 Å². The first-order chi connectivity index (χ1) is 8.45. The molecule has 1 aliphatic carbocycles. The Kier molecular flexibility index (Phi) is 3.40. The lowest BCUT2D eigenvalue weighted by atomic mass is 9.93. The molecule has 0 atom stereocenters. The number of nitrogens with one attached hydrogen (secondary N) is 2. The molecule has 0 aliphatic heterocycles. The third-order valence-electron chi connectivity index (χ3n) is 2.75. The van der Waals surface area contributed by atoms with Crippen molar-refractivity contribution in [2.75, 3.05) is 5.32 Å². The van der Waals surface area contributed by atoms with Gasteiger partial charge in [0.1, 0.15) is 5.69 Å². The summed E-state index contributed by atoms with van der Waals surface area (Å²) in [6, 6.07) is 1.77. The van der Waals surface area contributed by atoms with Gasteiger partial charge in [-0.05, 0) is 31.4 Å². The minimum Gasteiger partial charge on any atom is -0.335 e. The molecular weight excluding hydrogens is 247 g/mol. The second-order valence-corrected chi connectivity index (χ2v) is 4.16. The molecule has 0 spiro atoms. The number of pyridine rings is 1. The fourth-order valence-electron chi connectivity index (χ4n) is 1.54. The average molecular weight is 259 g/mol. The van der Waals surface area contributed by atoms with E-state index in [4.69, 9.17) is 0 Å². The van der Waals surface area contributed by atoms with Crippen molar-refractivity contribution < 1.29 is 18.0 Å². The van der Waals surface area contributed by atoms with Crippen LogP contribution in [0.5, 0.6) is 0 Å². The zero-order valence-corrected chi connectivity index (χ0v) is 9.42. The number of nitrogens with zero attached hydrogens (tertiary/aromatic N) is 1. The van der Waals surface area contributed by atoms with E-state index >= 15 is 0 Å². The van der Waals surface area contributed by atoms with E-state index < -0.39 is 17.9 Å². The van der Waals surface area contributed by atoms with Crippen LogP contribution in [0.3, 0.4) is 0 Å². The van der Waals surface area contributed by atoms with Gasteiger partial charge in [0.2, 0.25) is 0 Å². The number of amides is 2. The van der Waals surface area contributed by atoms with Crippen LogP contribution >= 0.6 is 0 Å². The fraction of sp³-hybridized carbons (Fsp3) is 0.455. The molecule has 1 aliphatic rings. The summed E-state index contributed by atoms with van der Waals surface area (Å²) in [5.41, 5.74) is -0.743. The van der Waals surface area contributed by atoms with Gasteiger partial charge in [-0.25, -0.2) is 9.78 Å². The van der Waals surface area contributed by atoms with Crippen molar-refractivity contribution >= 4 is 11.7 Å². The molecule has 1 heterocycles. The minimum absolute atomic E-state index is 0.174. The molecule has 0 unspecified atom stereocenters. The minimum atomic E-state index is -4.47. The second-order valence-electron chi connectivity index (χ2n) is 4.16. The number of aromatic nitrogens is 1. The highest BCUT2D eigenvalue weighted by Crippen LogP contribution is 2.27. The largest absolute Gasteiger partial charge is 0.433 e. The summed E-state index contributed by atoms with van der Waals surface area (Å²) in [7, 11) is 0. The van der Waals surface area contributed by atoms with Crippen LogP contribution in [0.2, 0.25) is 0 Å². The molecule has 0 aromatic carbocycles. The van der Waals surface area contributed by atoms with E-state index in [-0.39, 0.29) is 11.7 Å². The lowest BCUT2D eigenvalue weighted by Gasteiger charge is -2.26. The number of hydrogen-bond acceptors (Lipinski definition) is 2. The van der Waals surface area contributed by atoms with Crippen molar-refractivity contribution in [2.24, 2.45) is 0 Å². The molecule has 18 heavy (non-hydrogen) atoms. The Bertz CT molecular complexity index is 426. The van der Waals surface area contributed by atoms with Crippen LogP contribution in [-0.4, -0.2) is 17.1 Å². The Labute approximate surface area is 102 Å². The number of carbonyl (C=O) groups is 1. The molecule has 1 aromatic rings. The molecule has 7 heteroatoms. The molecule has 2 N–H and O–H groups in total. The van der Waals surface area contributed by atoms with Gasteiger partial charge in [0, 0.05) is 6.04 Å².